The van der Waals surface area contributed by atoms with Crippen LogP contribution in [0.1, 0.15) is 5.56 Å². The highest BCUT2D eigenvalue weighted by Crippen LogP contribution is 2.29. The van der Waals surface area contributed by atoms with Crippen molar-refractivity contribution in [2.45, 2.75) is 11.3 Å². The molecule has 1 amide bonds. The van der Waals surface area contributed by atoms with Gasteiger partial charge in [0, 0.05) is 13.1 Å². The molecule has 2 aromatic carbocycles. The van der Waals surface area contributed by atoms with E-state index < -0.39 is 10.0 Å². The zero-order valence-corrected chi connectivity index (χ0v) is 17.7. The number of amides is 1. The van der Waals surface area contributed by atoms with Crippen LogP contribution in [0.15, 0.2) is 72.7 Å². The second kappa shape index (κ2) is 9.29. The first kappa shape index (κ1) is 21.8. The van der Waals surface area contributed by atoms with E-state index in [9.17, 15) is 17.6 Å². The number of hydrogen-bond acceptors (Lipinski definition) is 5. The van der Waals surface area contributed by atoms with Crippen LogP contribution in [-0.2, 0) is 21.2 Å². The number of nitrogens with one attached hydrogen (secondary N) is 1. The Balaban J connectivity index is 1.80. The van der Waals surface area contributed by atoms with E-state index in [1.54, 1.807) is 18.2 Å². The molecule has 0 aliphatic heterocycles. The van der Waals surface area contributed by atoms with Gasteiger partial charge in [-0.1, -0.05) is 35.6 Å². The van der Waals surface area contributed by atoms with Gasteiger partial charge < -0.3 is 5.32 Å². The topological polar surface area (TPSA) is 79.4 Å². The van der Waals surface area contributed by atoms with Gasteiger partial charge in [0.2, 0.25) is 15.9 Å². The fraction of sp³-hybridized carbons (Fsp3) is 0.143. The van der Waals surface area contributed by atoms with Crippen molar-refractivity contribution in [1.29, 1.82) is 0 Å². The summed E-state index contributed by atoms with van der Waals surface area (Å²) in [5, 5.41) is 3.07. The Bertz CT molecular complexity index is 1180. The lowest BCUT2D eigenvalue weighted by Gasteiger charge is -2.18. The molecule has 3 aromatic rings. The van der Waals surface area contributed by atoms with Crippen molar-refractivity contribution in [3.8, 4) is 0 Å². The molecule has 1 N–H and O–H groups in total. The van der Waals surface area contributed by atoms with Gasteiger partial charge in [0.15, 0.2) is 5.13 Å². The van der Waals surface area contributed by atoms with Crippen molar-refractivity contribution in [1.82, 2.24) is 9.29 Å². The van der Waals surface area contributed by atoms with Crippen LogP contribution in [0.5, 0.6) is 0 Å². The number of hydrogen-bond donors (Lipinski definition) is 1. The highest BCUT2D eigenvalue weighted by atomic mass is 32.2. The minimum absolute atomic E-state index is 0.0773. The summed E-state index contributed by atoms with van der Waals surface area (Å²) < 4.78 is 40.6. The highest BCUT2D eigenvalue weighted by molar-refractivity contribution is 7.89. The van der Waals surface area contributed by atoms with Crippen molar-refractivity contribution < 1.29 is 17.6 Å². The maximum atomic E-state index is 13.0. The van der Waals surface area contributed by atoms with Crippen LogP contribution in [0.25, 0.3) is 10.2 Å². The Morgan fingerprint density at radius 3 is 2.43 bits per heavy atom. The van der Waals surface area contributed by atoms with Crippen molar-refractivity contribution in [3.63, 3.8) is 0 Å². The molecule has 1 aromatic heterocycles. The van der Waals surface area contributed by atoms with Gasteiger partial charge in [-0.25, -0.2) is 17.8 Å². The van der Waals surface area contributed by atoms with Crippen LogP contribution in [0.4, 0.5) is 9.52 Å². The van der Waals surface area contributed by atoms with E-state index in [-0.39, 0.29) is 36.1 Å². The standard InChI is InChI=1S/C21H20FN3O3S2/c1-3-11-25(12-4-2)30(27,28)17-9-10-18-19(14-17)29-21(23-18)24-20(26)13-15-5-7-16(22)8-6-15/h3-10,14H,1-2,11-13H2,(H,23,24,26). The molecule has 6 nitrogen and oxygen atoms in total. The molecular weight excluding hydrogens is 425 g/mol. The first-order valence-corrected chi connectivity index (χ1v) is 11.3. The molecular formula is C21H20FN3O3S2. The Morgan fingerprint density at radius 2 is 1.80 bits per heavy atom. The molecule has 156 valence electrons. The van der Waals surface area contributed by atoms with Gasteiger partial charge in [-0.15, -0.1) is 13.2 Å². The van der Waals surface area contributed by atoms with Crippen LogP contribution in [0, 0.1) is 5.82 Å². The minimum atomic E-state index is -3.72. The largest absolute Gasteiger partial charge is 0.302 e. The Labute approximate surface area is 178 Å². The van der Waals surface area contributed by atoms with Gasteiger partial charge in [-0.3, -0.25) is 4.79 Å². The molecule has 3 rings (SSSR count). The number of anilines is 1. The van der Waals surface area contributed by atoms with Crippen LogP contribution in [-0.4, -0.2) is 36.7 Å². The van der Waals surface area contributed by atoms with Crippen LogP contribution < -0.4 is 5.32 Å². The lowest BCUT2D eigenvalue weighted by Crippen LogP contribution is -2.31. The molecule has 0 spiro atoms. The normalized spacial score (nSPS) is 11.5. The molecule has 0 aliphatic carbocycles. The predicted molar refractivity (Wildman–Crippen MR) is 118 cm³/mol. The molecule has 9 heteroatoms. The number of carbonyl (C=O) groups excluding carboxylic acids is 1. The van der Waals surface area contributed by atoms with E-state index in [0.29, 0.717) is 20.9 Å². The summed E-state index contributed by atoms with van der Waals surface area (Å²) in [5.74, 6) is -0.660. The van der Waals surface area contributed by atoms with E-state index in [0.717, 1.165) is 0 Å². The van der Waals surface area contributed by atoms with Crippen LogP contribution in [0.3, 0.4) is 0 Å². The van der Waals surface area contributed by atoms with Crippen molar-refractivity contribution >= 4 is 42.6 Å². The van der Waals surface area contributed by atoms with E-state index in [1.807, 2.05) is 0 Å². The third-order valence-electron chi connectivity index (χ3n) is 4.19. The second-order valence-electron chi connectivity index (χ2n) is 6.40. The number of carbonyl (C=O) groups is 1. The molecule has 0 atom stereocenters. The maximum Gasteiger partial charge on any atom is 0.243 e. The molecule has 0 bridgehead atoms. The zero-order chi connectivity index (χ0) is 21.7. The van der Waals surface area contributed by atoms with Gasteiger partial charge >= 0.3 is 0 Å². The summed E-state index contributed by atoms with van der Waals surface area (Å²) in [6.45, 7) is 7.53. The van der Waals surface area contributed by atoms with Crippen LogP contribution in [0.2, 0.25) is 0 Å². The minimum Gasteiger partial charge on any atom is -0.302 e. The molecule has 0 unspecified atom stereocenters. The van der Waals surface area contributed by atoms with E-state index in [4.69, 9.17) is 0 Å². The van der Waals surface area contributed by atoms with Crippen molar-refractivity contribution in [2.75, 3.05) is 18.4 Å². The Kier molecular flexibility index (Phi) is 6.76. The summed E-state index contributed by atoms with van der Waals surface area (Å²) in [6.07, 6.45) is 3.11. The quantitative estimate of drug-likeness (QED) is 0.505. The fourth-order valence-electron chi connectivity index (χ4n) is 2.78. The smallest absolute Gasteiger partial charge is 0.243 e. The predicted octanol–water partition coefficient (Wildman–Crippen LogP) is 3.98. The van der Waals surface area contributed by atoms with E-state index in [1.165, 1.54) is 52.1 Å². The zero-order valence-electron chi connectivity index (χ0n) is 16.0. The van der Waals surface area contributed by atoms with E-state index in [2.05, 4.69) is 23.5 Å². The summed E-state index contributed by atoms with van der Waals surface area (Å²) in [6, 6.07) is 10.3. The average Bonchev–Trinajstić information content (AvgIpc) is 3.10. The number of nitrogens with zero attached hydrogens (tertiary/aromatic N) is 2. The van der Waals surface area contributed by atoms with Crippen molar-refractivity contribution in [2.24, 2.45) is 0 Å². The molecule has 30 heavy (non-hydrogen) atoms. The maximum absolute atomic E-state index is 13.0. The number of aromatic nitrogens is 1. The molecule has 0 fully saturated rings. The number of fused-ring (bicyclic) bond motifs is 1. The van der Waals surface area contributed by atoms with Gasteiger partial charge in [0.25, 0.3) is 0 Å². The van der Waals surface area contributed by atoms with Crippen LogP contribution >= 0.6 is 11.3 Å². The van der Waals surface area contributed by atoms with Gasteiger partial charge in [-0.05, 0) is 35.9 Å². The number of rotatable bonds is 9. The summed E-state index contributed by atoms with van der Waals surface area (Å²) in [7, 11) is -3.72. The molecule has 0 radical (unpaired) electrons. The van der Waals surface area contributed by atoms with Gasteiger partial charge in [0.05, 0.1) is 21.5 Å². The Morgan fingerprint density at radius 1 is 1.13 bits per heavy atom. The molecule has 1 heterocycles. The first-order chi connectivity index (χ1) is 14.3. The number of thiazole rings is 1. The Hall–Kier alpha value is -2.88. The second-order valence-corrected chi connectivity index (χ2v) is 9.37. The van der Waals surface area contributed by atoms with Gasteiger partial charge in [-0.2, -0.15) is 4.31 Å². The summed E-state index contributed by atoms with van der Waals surface area (Å²) in [4.78, 5) is 16.7. The lowest BCUT2D eigenvalue weighted by atomic mass is 10.1. The summed E-state index contributed by atoms with van der Waals surface area (Å²) in [5.41, 5.74) is 1.25. The average molecular weight is 446 g/mol. The molecule has 0 saturated carbocycles. The monoisotopic (exact) mass is 445 g/mol. The van der Waals surface area contributed by atoms with Gasteiger partial charge in [0.1, 0.15) is 5.82 Å². The molecule has 0 saturated heterocycles. The number of sulfonamides is 1. The van der Waals surface area contributed by atoms with E-state index >= 15 is 0 Å². The fourth-order valence-corrected chi connectivity index (χ4v) is 5.18. The van der Waals surface area contributed by atoms with Crippen molar-refractivity contribution in [3.05, 3.63) is 79.2 Å². The third kappa shape index (κ3) is 4.99. The first-order valence-electron chi connectivity index (χ1n) is 9.00. The molecule has 0 aliphatic rings. The highest BCUT2D eigenvalue weighted by Gasteiger charge is 2.23. The number of halogens is 1. The third-order valence-corrected chi connectivity index (χ3v) is 6.95. The SMILES string of the molecule is C=CCN(CC=C)S(=O)(=O)c1ccc2nc(NC(=O)Cc3ccc(F)cc3)sc2c1. The number of benzene rings is 2. The summed E-state index contributed by atoms with van der Waals surface area (Å²) >= 11 is 1.18. The lowest BCUT2D eigenvalue weighted by molar-refractivity contribution is -0.115.